The zero-order chi connectivity index (χ0) is 14.5. The highest BCUT2D eigenvalue weighted by Crippen LogP contribution is 2.24. The van der Waals surface area contributed by atoms with Crippen LogP contribution in [-0.2, 0) is 0 Å². The number of hydrogen-bond acceptors (Lipinski definition) is 4. The van der Waals surface area contributed by atoms with Crippen molar-refractivity contribution in [2.75, 3.05) is 0 Å². The number of halogens is 1. The van der Waals surface area contributed by atoms with Crippen LogP contribution in [0.25, 0.3) is 0 Å². The molecule has 0 bridgehead atoms. The summed E-state index contributed by atoms with van der Waals surface area (Å²) in [7, 11) is 0. The van der Waals surface area contributed by atoms with Crippen LogP contribution >= 0.6 is 15.9 Å². The van der Waals surface area contributed by atoms with Gasteiger partial charge in [0.1, 0.15) is 0 Å². The summed E-state index contributed by atoms with van der Waals surface area (Å²) in [6, 6.07) is 11.2. The van der Waals surface area contributed by atoms with Crippen molar-refractivity contribution in [2.45, 2.75) is 0 Å². The lowest BCUT2D eigenvalue weighted by Gasteiger charge is -2.02. The molecule has 0 unspecified atom stereocenters. The van der Waals surface area contributed by atoms with Crippen LogP contribution in [0.15, 0.2) is 52.0 Å². The second-order valence-corrected chi connectivity index (χ2v) is 4.78. The molecule has 3 N–H and O–H groups in total. The molecule has 0 saturated heterocycles. The number of nitrogens with one attached hydrogen (secondary N) is 1. The molecule has 0 fully saturated rings. The maximum absolute atomic E-state index is 11.8. The Kier molecular flexibility index (Phi) is 4.37. The minimum Gasteiger partial charge on any atom is -0.504 e. The van der Waals surface area contributed by atoms with E-state index in [0.29, 0.717) is 15.6 Å². The van der Waals surface area contributed by atoms with Gasteiger partial charge in [-0.1, -0.05) is 12.1 Å². The number of carbonyl (C=O) groups is 1. The number of hydrogen-bond donors (Lipinski definition) is 3. The van der Waals surface area contributed by atoms with E-state index in [1.165, 1.54) is 18.3 Å². The van der Waals surface area contributed by atoms with E-state index in [1.54, 1.807) is 24.3 Å². The minimum atomic E-state index is -0.350. The second-order valence-electron chi connectivity index (χ2n) is 3.93. The van der Waals surface area contributed by atoms with Gasteiger partial charge in [0.25, 0.3) is 5.91 Å². The Balaban J connectivity index is 2.05. The van der Waals surface area contributed by atoms with Crippen LogP contribution in [-0.4, -0.2) is 22.3 Å². The van der Waals surface area contributed by atoms with Gasteiger partial charge in [-0.3, -0.25) is 4.79 Å². The maximum Gasteiger partial charge on any atom is 0.272 e. The number of phenols is 2. The first-order chi connectivity index (χ1) is 9.58. The number of carbonyl (C=O) groups excluding carboxylic acids is 1. The van der Waals surface area contributed by atoms with Crippen molar-refractivity contribution in [2.24, 2.45) is 5.10 Å². The predicted octanol–water partition coefficient (Wildman–Crippen LogP) is 2.62. The van der Waals surface area contributed by atoms with Gasteiger partial charge >= 0.3 is 0 Å². The van der Waals surface area contributed by atoms with Crippen molar-refractivity contribution in [1.82, 2.24) is 5.43 Å². The lowest BCUT2D eigenvalue weighted by Crippen LogP contribution is -2.18. The fraction of sp³-hybridized carbons (Fsp3) is 0. The zero-order valence-electron chi connectivity index (χ0n) is 10.2. The lowest BCUT2D eigenvalue weighted by atomic mass is 10.2. The molecular formula is C14H11BrN2O3. The average molecular weight is 335 g/mol. The molecule has 6 heteroatoms. The number of rotatable bonds is 3. The quantitative estimate of drug-likeness (QED) is 0.458. The summed E-state index contributed by atoms with van der Waals surface area (Å²) in [4.78, 5) is 11.8. The highest BCUT2D eigenvalue weighted by molar-refractivity contribution is 9.10. The van der Waals surface area contributed by atoms with Crippen molar-refractivity contribution in [3.05, 3.63) is 58.1 Å². The van der Waals surface area contributed by atoms with Crippen LogP contribution < -0.4 is 5.43 Å². The SMILES string of the molecule is O=C(N/N=C/c1ccc(O)c(O)c1)c1ccccc1Br. The zero-order valence-corrected chi connectivity index (χ0v) is 11.8. The van der Waals surface area contributed by atoms with E-state index in [9.17, 15) is 9.90 Å². The Bertz CT molecular complexity index is 671. The summed E-state index contributed by atoms with van der Waals surface area (Å²) in [5.74, 6) is -0.804. The first-order valence-corrected chi connectivity index (χ1v) is 6.47. The molecule has 5 nitrogen and oxygen atoms in total. The van der Waals surface area contributed by atoms with Crippen molar-refractivity contribution >= 4 is 28.1 Å². The van der Waals surface area contributed by atoms with Gasteiger partial charge in [0.05, 0.1) is 11.8 Å². The molecule has 0 spiro atoms. The molecule has 2 aromatic rings. The molecular weight excluding hydrogens is 324 g/mol. The summed E-state index contributed by atoms with van der Waals surface area (Å²) in [5, 5.41) is 22.3. The van der Waals surface area contributed by atoms with Gasteiger partial charge in [0, 0.05) is 4.47 Å². The predicted molar refractivity (Wildman–Crippen MR) is 79.0 cm³/mol. The summed E-state index contributed by atoms with van der Waals surface area (Å²) in [5.41, 5.74) is 3.40. The van der Waals surface area contributed by atoms with Crippen LogP contribution in [0.4, 0.5) is 0 Å². The van der Waals surface area contributed by atoms with Gasteiger partial charge in [-0.05, 0) is 51.8 Å². The van der Waals surface area contributed by atoms with Gasteiger partial charge in [0.2, 0.25) is 0 Å². The molecule has 1 amide bonds. The summed E-state index contributed by atoms with van der Waals surface area (Å²) in [6.45, 7) is 0. The highest BCUT2D eigenvalue weighted by Gasteiger charge is 2.07. The summed E-state index contributed by atoms with van der Waals surface area (Å²) >= 11 is 3.28. The molecule has 0 atom stereocenters. The third-order valence-corrected chi connectivity index (χ3v) is 3.19. The van der Waals surface area contributed by atoms with E-state index < -0.39 is 0 Å². The number of aromatic hydroxyl groups is 2. The molecule has 20 heavy (non-hydrogen) atoms. The van der Waals surface area contributed by atoms with Gasteiger partial charge < -0.3 is 10.2 Å². The normalized spacial score (nSPS) is 10.7. The fourth-order valence-electron chi connectivity index (χ4n) is 1.49. The molecule has 0 heterocycles. The average Bonchev–Trinajstić information content (AvgIpc) is 2.43. The summed E-state index contributed by atoms with van der Waals surface area (Å²) in [6.07, 6.45) is 1.37. The molecule has 2 rings (SSSR count). The van der Waals surface area contributed by atoms with E-state index in [2.05, 4.69) is 26.5 Å². The van der Waals surface area contributed by atoms with Gasteiger partial charge in [-0.15, -0.1) is 0 Å². The molecule has 0 aromatic heterocycles. The van der Waals surface area contributed by atoms with Crippen LogP contribution in [0.2, 0.25) is 0 Å². The minimum absolute atomic E-state index is 0.209. The third-order valence-electron chi connectivity index (χ3n) is 2.50. The van der Waals surface area contributed by atoms with E-state index in [-0.39, 0.29) is 17.4 Å². The fourth-order valence-corrected chi connectivity index (χ4v) is 1.96. The number of phenolic OH excluding ortho intramolecular Hbond substituents is 2. The van der Waals surface area contributed by atoms with Crippen LogP contribution in [0, 0.1) is 0 Å². The van der Waals surface area contributed by atoms with Crippen molar-refractivity contribution in [3.63, 3.8) is 0 Å². The Hall–Kier alpha value is -2.34. The topological polar surface area (TPSA) is 81.9 Å². The molecule has 0 aliphatic carbocycles. The van der Waals surface area contributed by atoms with Crippen LogP contribution in [0.1, 0.15) is 15.9 Å². The molecule has 0 aliphatic heterocycles. The van der Waals surface area contributed by atoms with Gasteiger partial charge in [-0.2, -0.15) is 5.10 Å². The Morgan fingerprint density at radius 3 is 2.60 bits per heavy atom. The van der Waals surface area contributed by atoms with Gasteiger partial charge in [-0.25, -0.2) is 5.43 Å². The smallest absolute Gasteiger partial charge is 0.272 e. The highest BCUT2D eigenvalue weighted by atomic mass is 79.9. The Morgan fingerprint density at radius 2 is 1.90 bits per heavy atom. The standard InChI is InChI=1S/C14H11BrN2O3/c15-11-4-2-1-3-10(11)14(20)17-16-8-9-5-6-12(18)13(19)7-9/h1-8,18-19H,(H,17,20)/b16-8+. The van der Waals surface area contributed by atoms with Crippen LogP contribution in [0.5, 0.6) is 11.5 Å². The first-order valence-electron chi connectivity index (χ1n) is 5.68. The maximum atomic E-state index is 11.8. The largest absolute Gasteiger partial charge is 0.504 e. The Labute approximate surface area is 123 Å². The molecule has 2 aromatic carbocycles. The molecule has 0 radical (unpaired) electrons. The van der Waals surface area contributed by atoms with Gasteiger partial charge in [0.15, 0.2) is 11.5 Å². The van der Waals surface area contributed by atoms with Crippen molar-refractivity contribution < 1.29 is 15.0 Å². The van der Waals surface area contributed by atoms with Crippen molar-refractivity contribution in [3.8, 4) is 11.5 Å². The lowest BCUT2D eigenvalue weighted by molar-refractivity contribution is 0.0954. The molecule has 102 valence electrons. The second kappa shape index (κ2) is 6.21. The van der Waals surface area contributed by atoms with E-state index in [4.69, 9.17) is 5.11 Å². The van der Waals surface area contributed by atoms with Crippen LogP contribution in [0.3, 0.4) is 0 Å². The monoisotopic (exact) mass is 334 g/mol. The molecule has 0 aliphatic rings. The summed E-state index contributed by atoms with van der Waals surface area (Å²) < 4.78 is 0.676. The number of benzene rings is 2. The van der Waals surface area contributed by atoms with E-state index in [1.807, 2.05) is 6.07 Å². The van der Waals surface area contributed by atoms with Crippen molar-refractivity contribution in [1.29, 1.82) is 0 Å². The van der Waals surface area contributed by atoms with E-state index in [0.717, 1.165) is 0 Å². The number of amides is 1. The first kappa shape index (κ1) is 14.1. The third kappa shape index (κ3) is 3.36. The molecule has 0 saturated carbocycles. The number of nitrogens with zero attached hydrogens (tertiary/aromatic N) is 1. The van der Waals surface area contributed by atoms with E-state index >= 15 is 0 Å². The number of hydrazone groups is 1. The Morgan fingerprint density at radius 1 is 1.15 bits per heavy atom.